The third kappa shape index (κ3) is 3.57. The molecule has 0 saturated heterocycles. The quantitative estimate of drug-likeness (QED) is 0.661. The van der Waals surface area contributed by atoms with Gasteiger partial charge in [-0.2, -0.15) is 0 Å². The summed E-state index contributed by atoms with van der Waals surface area (Å²) in [5.41, 5.74) is 4.04. The van der Waals surface area contributed by atoms with Crippen LogP contribution in [0.1, 0.15) is 37.4 Å². The van der Waals surface area contributed by atoms with Crippen molar-refractivity contribution in [3.8, 4) is 0 Å². The van der Waals surface area contributed by atoms with Gasteiger partial charge in [0.15, 0.2) is 5.78 Å². The fourth-order valence-electron chi connectivity index (χ4n) is 2.60. The zero-order valence-corrected chi connectivity index (χ0v) is 13.7. The number of benzene rings is 2. The molecule has 2 aromatic rings. The molecule has 0 amide bonds. The molecule has 0 spiro atoms. The highest BCUT2D eigenvalue weighted by Gasteiger charge is 2.15. The largest absolute Gasteiger partial charge is 0.478 e. The van der Waals surface area contributed by atoms with E-state index in [2.05, 4.69) is 0 Å². The number of hydrogen-bond acceptors (Lipinski definition) is 3. The van der Waals surface area contributed by atoms with Gasteiger partial charge in [-0.1, -0.05) is 29.8 Å². The van der Waals surface area contributed by atoms with Gasteiger partial charge in [-0.3, -0.25) is 4.79 Å². The lowest BCUT2D eigenvalue weighted by Gasteiger charge is -2.11. The number of carboxylic acid groups (broad SMARTS) is 1. The first kappa shape index (κ1) is 16.3. The normalized spacial score (nSPS) is 10.5. The van der Waals surface area contributed by atoms with Crippen LogP contribution < -0.4 is 0 Å². The molecular formula is C18H18O3S. The second-order valence-corrected chi connectivity index (χ2v) is 6.30. The standard InChI is InChI=1S/C18H18O3S/c1-11-8-12(2)17(13(3)9-11)15(19)10-22-16-7-5-4-6-14(16)18(20)21/h4-9H,10H2,1-3H3,(H,20,21). The highest BCUT2D eigenvalue weighted by molar-refractivity contribution is 8.00. The SMILES string of the molecule is Cc1cc(C)c(C(=O)CSc2ccccc2C(=O)O)c(C)c1. The number of ketones is 1. The Hall–Kier alpha value is -2.07. The van der Waals surface area contributed by atoms with Crippen molar-refractivity contribution >= 4 is 23.5 Å². The first-order valence-corrected chi connectivity index (χ1v) is 7.95. The van der Waals surface area contributed by atoms with Gasteiger partial charge < -0.3 is 5.11 Å². The predicted molar refractivity (Wildman–Crippen MR) is 89.1 cm³/mol. The molecule has 2 rings (SSSR count). The van der Waals surface area contributed by atoms with E-state index < -0.39 is 5.97 Å². The van der Waals surface area contributed by atoms with Gasteiger partial charge >= 0.3 is 5.97 Å². The van der Waals surface area contributed by atoms with E-state index in [4.69, 9.17) is 5.11 Å². The van der Waals surface area contributed by atoms with E-state index >= 15 is 0 Å². The second-order valence-electron chi connectivity index (χ2n) is 5.29. The Bertz CT molecular complexity index is 712. The van der Waals surface area contributed by atoms with Gasteiger partial charge in [0.1, 0.15) is 0 Å². The van der Waals surface area contributed by atoms with Crippen LogP contribution in [0.5, 0.6) is 0 Å². The molecule has 0 saturated carbocycles. The van der Waals surface area contributed by atoms with Crippen molar-refractivity contribution in [1.82, 2.24) is 0 Å². The van der Waals surface area contributed by atoms with Crippen molar-refractivity contribution in [1.29, 1.82) is 0 Å². The summed E-state index contributed by atoms with van der Waals surface area (Å²) in [4.78, 5) is 24.3. The van der Waals surface area contributed by atoms with Crippen LogP contribution in [-0.2, 0) is 0 Å². The Balaban J connectivity index is 2.20. The van der Waals surface area contributed by atoms with E-state index in [1.54, 1.807) is 24.3 Å². The van der Waals surface area contributed by atoms with Gasteiger partial charge in [0.05, 0.1) is 11.3 Å². The summed E-state index contributed by atoms with van der Waals surface area (Å²) >= 11 is 1.27. The average Bonchev–Trinajstić information content (AvgIpc) is 2.44. The van der Waals surface area contributed by atoms with Crippen LogP contribution in [0.15, 0.2) is 41.3 Å². The fraction of sp³-hybridized carbons (Fsp3) is 0.222. The number of aryl methyl sites for hydroxylation is 3. The Morgan fingerprint density at radius 1 is 1.05 bits per heavy atom. The zero-order valence-electron chi connectivity index (χ0n) is 12.8. The van der Waals surface area contributed by atoms with Crippen LogP contribution in [0.25, 0.3) is 0 Å². The van der Waals surface area contributed by atoms with E-state index in [9.17, 15) is 9.59 Å². The second kappa shape index (κ2) is 6.79. The van der Waals surface area contributed by atoms with E-state index in [0.29, 0.717) is 4.90 Å². The molecule has 0 fully saturated rings. The molecule has 0 aliphatic rings. The van der Waals surface area contributed by atoms with Crippen LogP contribution in [0.3, 0.4) is 0 Å². The van der Waals surface area contributed by atoms with E-state index in [-0.39, 0.29) is 17.1 Å². The Labute approximate surface area is 134 Å². The molecule has 0 radical (unpaired) electrons. The zero-order chi connectivity index (χ0) is 16.3. The minimum absolute atomic E-state index is 0.0280. The number of hydrogen-bond donors (Lipinski definition) is 1. The average molecular weight is 314 g/mol. The van der Waals surface area contributed by atoms with Gasteiger partial charge in [-0.25, -0.2) is 4.79 Å². The topological polar surface area (TPSA) is 54.4 Å². The Kier molecular flexibility index (Phi) is 5.03. The number of Topliss-reactive ketones (excluding diaryl/α,β-unsaturated/α-hetero) is 1. The molecule has 0 unspecified atom stereocenters. The van der Waals surface area contributed by atoms with Crippen LogP contribution in [0.4, 0.5) is 0 Å². The van der Waals surface area contributed by atoms with Crippen molar-refractivity contribution in [2.24, 2.45) is 0 Å². The number of carbonyl (C=O) groups is 2. The Morgan fingerprint density at radius 3 is 2.23 bits per heavy atom. The molecule has 114 valence electrons. The molecule has 3 nitrogen and oxygen atoms in total. The molecule has 0 heterocycles. The van der Waals surface area contributed by atoms with Crippen LogP contribution in [0.2, 0.25) is 0 Å². The van der Waals surface area contributed by atoms with Gasteiger partial charge in [-0.15, -0.1) is 11.8 Å². The van der Waals surface area contributed by atoms with Crippen LogP contribution in [0, 0.1) is 20.8 Å². The van der Waals surface area contributed by atoms with Crippen molar-refractivity contribution in [3.63, 3.8) is 0 Å². The number of rotatable bonds is 5. The van der Waals surface area contributed by atoms with Crippen molar-refractivity contribution in [2.45, 2.75) is 25.7 Å². The number of carboxylic acids is 1. The maximum Gasteiger partial charge on any atom is 0.336 e. The van der Waals surface area contributed by atoms with Gasteiger partial charge in [0.2, 0.25) is 0 Å². The van der Waals surface area contributed by atoms with Crippen LogP contribution >= 0.6 is 11.8 Å². The molecular weight excluding hydrogens is 296 g/mol. The molecule has 4 heteroatoms. The minimum atomic E-state index is -0.974. The summed E-state index contributed by atoms with van der Waals surface area (Å²) in [6, 6.07) is 10.7. The van der Waals surface area contributed by atoms with Crippen molar-refractivity contribution in [3.05, 3.63) is 64.2 Å². The molecule has 0 bridgehead atoms. The highest BCUT2D eigenvalue weighted by atomic mass is 32.2. The number of aromatic carboxylic acids is 1. The lowest BCUT2D eigenvalue weighted by Crippen LogP contribution is -2.08. The fourth-order valence-corrected chi connectivity index (χ4v) is 3.52. The molecule has 22 heavy (non-hydrogen) atoms. The van der Waals surface area contributed by atoms with Crippen molar-refractivity contribution < 1.29 is 14.7 Å². The smallest absolute Gasteiger partial charge is 0.336 e. The maximum absolute atomic E-state index is 12.5. The first-order valence-electron chi connectivity index (χ1n) is 6.96. The Morgan fingerprint density at radius 2 is 1.64 bits per heavy atom. The molecule has 0 aliphatic carbocycles. The lowest BCUT2D eigenvalue weighted by atomic mass is 9.97. The van der Waals surface area contributed by atoms with Gasteiger partial charge in [0, 0.05) is 10.5 Å². The lowest BCUT2D eigenvalue weighted by molar-refractivity contribution is 0.0692. The predicted octanol–water partition coefficient (Wildman–Crippen LogP) is 4.29. The third-order valence-corrected chi connectivity index (χ3v) is 4.51. The van der Waals surface area contributed by atoms with E-state index in [0.717, 1.165) is 22.3 Å². The van der Waals surface area contributed by atoms with E-state index in [1.165, 1.54) is 11.8 Å². The summed E-state index contributed by atoms with van der Waals surface area (Å²) in [6.07, 6.45) is 0. The minimum Gasteiger partial charge on any atom is -0.478 e. The number of carbonyl (C=O) groups excluding carboxylic acids is 1. The molecule has 0 aliphatic heterocycles. The van der Waals surface area contributed by atoms with Gasteiger partial charge in [0.25, 0.3) is 0 Å². The first-order chi connectivity index (χ1) is 10.4. The number of thioether (sulfide) groups is 1. The molecule has 1 N–H and O–H groups in total. The van der Waals surface area contributed by atoms with Crippen LogP contribution in [-0.4, -0.2) is 22.6 Å². The highest BCUT2D eigenvalue weighted by Crippen LogP contribution is 2.25. The molecule has 0 atom stereocenters. The molecule has 2 aromatic carbocycles. The maximum atomic E-state index is 12.5. The van der Waals surface area contributed by atoms with Crippen molar-refractivity contribution in [2.75, 3.05) is 5.75 Å². The summed E-state index contributed by atoms with van der Waals surface area (Å²) in [6.45, 7) is 5.87. The van der Waals surface area contributed by atoms with E-state index in [1.807, 2.05) is 32.9 Å². The van der Waals surface area contributed by atoms with Gasteiger partial charge in [-0.05, 0) is 44.0 Å². The molecule has 0 aromatic heterocycles. The summed E-state index contributed by atoms with van der Waals surface area (Å²) in [5, 5.41) is 9.17. The summed E-state index contributed by atoms with van der Waals surface area (Å²) < 4.78 is 0. The monoisotopic (exact) mass is 314 g/mol. The summed E-state index contributed by atoms with van der Waals surface area (Å²) in [5.74, 6) is -0.715. The third-order valence-electron chi connectivity index (χ3n) is 3.43. The summed E-state index contributed by atoms with van der Waals surface area (Å²) in [7, 11) is 0.